The van der Waals surface area contributed by atoms with Gasteiger partial charge < -0.3 is 10.2 Å². The van der Waals surface area contributed by atoms with E-state index in [1.807, 2.05) is 6.92 Å². The maximum atomic E-state index is 14.5. The lowest BCUT2D eigenvalue weighted by atomic mass is 10.2. The summed E-state index contributed by atoms with van der Waals surface area (Å²) in [5, 5.41) is 3.17. The monoisotopic (exact) mass is 265 g/mol. The number of unbranched alkanes of at least 4 members (excludes halogenated alkanes) is 1. The van der Waals surface area contributed by atoms with Crippen LogP contribution in [0.4, 0.5) is 10.2 Å². The van der Waals surface area contributed by atoms with Crippen molar-refractivity contribution in [3.8, 4) is 0 Å². The number of hydrogen-bond donors (Lipinski definition) is 1. The van der Waals surface area contributed by atoms with E-state index in [0.717, 1.165) is 25.9 Å². The van der Waals surface area contributed by atoms with E-state index in [2.05, 4.69) is 22.1 Å². The van der Waals surface area contributed by atoms with Crippen LogP contribution in [0.5, 0.6) is 0 Å². The second-order valence-electron chi connectivity index (χ2n) is 5.17. The third-order valence-corrected chi connectivity index (χ3v) is 3.53. The number of rotatable bonds is 8. The molecule has 1 N–H and O–H groups in total. The number of anilines is 1. The van der Waals surface area contributed by atoms with Gasteiger partial charge in [-0.15, -0.1) is 0 Å². The molecule has 1 heterocycles. The molecular weight excluding hydrogens is 241 g/mol. The van der Waals surface area contributed by atoms with Gasteiger partial charge in [-0.25, -0.2) is 9.37 Å². The largest absolute Gasteiger partial charge is 0.351 e. The number of nitrogens with zero attached hydrogens (tertiary/aromatic N) is 2. The molecule has 0 unspecified atom stereocenters. The van der Waals surface area contributed by atoms with E-state index in [1.54, 1.807) is 12.3 Å². The molecule has 2 rings (SSSR count). The molecule has 0 aliphatic heterocycles. The third kappa shape index (κ3) is 3.66. The van der Waals surface area contributed by atoms with Gasteiger partial charge in [0.2, 0.25) is 0 Å². The molecular formula is C15H24FN3. The Morgan fingerprint density at radius 2 is 2.21 bits per heavy atom. The lowest BCUT2D eigenvalue weighted by molar-refractivity contribution is 0.574. The molecule has 0 amide bonds. The number of hydrogen-bond acceptors (Lipinski definition) is 3. The molecule has 0 aromatic carbocycles. The lowest BCUT2D eigenvalue weighted by Gasteiger charge is -2.24. The van der Waals surface area contributed by atoms with Crippen molar-refractivity contribution in [2.75, 3.05) is 18.0 Å². The molecule has 0 radical (unpaired) electrons. The van der Waals surface area contributed by atoms with Crippen molar-refractivity contribution in [1.82, 2.24) is 10.3 Å². The molecule has 1 fully saturated rings. The Balaban J connectivity index is 2.16. The Kier molecular flexibility index (Phi) is 5.14. The number of halogens is 1. The fourth-order valence-electron chi connectivity index (χ4n) is 2.24. The maximum Gasteiger partial charge on any atom is 0.170 e. The van der Waals surface area contributed by atoms with Crippen LogP contribution in [0, 0.1) is 5.82 Å². The first kappa shape index (κ1) is 14.3. The molecule has 1 saturated carbocycles. The quantitative estimate of drug-likeness (QED) is 0.783. The van der Waals surface area contributed by atoms with Crippen molar-refractivity contribution in [2.24, 2.45) is 0 Å². The lowest BCUT2D eigenvalue weighted by Crippen LogP contribution is -2.29. The van der Waals surface area contributed by atoms with E-state index in [1.165, 1.54) is 12.8 Å². The molecule has 19 heavy (non-hydrogen) atoms. The van der Waals surface area contributed by atoms with Gasteiger partial charge in [0.05, 0.1) is 0 Å². The zero-order valence-electron chi connectivity index (χ0n) is 12.0. The summed E-state index contributed by atoms with van der Waals surface area (Å²) in [7, 11) is 0. The summed E-state index contributed by atoms with van der Waals surface area (Å²) in [5.74, 6) is 0.401. The van der Waals surface area contributed by atoms with E-state index >= 15 is 0 Å². The average Bonchev–Trinajstić information content (AvgIpc) is 3.24. The highest BCUT2D eigenvalue weighted by molar-refractivity contribution is 5.45. The number of nitrogens with one attached hydrogen (secondary N) is 1. The zero-order chi connectivity index (χ0) is 13.7. The highest BCUT2D eigenvalue weighted by Crippen LogP contribution is 2.32. The van der Waals surface area contributed by atoms with Crippen LogP contribution in [0.3, 0.4) is 0 Å². The molecule has 1 aliphatic carbocycles. The second-order valence-corrected chi connectivity index (χ2v) is 5.17. The van der Waals surface area contributed by atoms with Crippen molar-refractivity contribution in [2.45, 2.75) is 52.1 Å². The van der Waals surface area contributed by atoms with Gasteiger partial charge in [-0.3, -0.25) is 0 Å². The summed E-state index contributed by atoms with van der Waals surface area (Å²) in [4.78, 5) is 6.45. The van der Waals surface area contributed by atoms with Crippen molar-refractivity contribution in [3.05, 3.63) is 23.6 Å². The van der Waals surface area contributed by atoms with E-state index in [-0.39, 0.29) is 5.82 Å². The van der Waals surface area contributed by atoms with Gasteiger partial charge in [-0.05, 0) is 31.9 Å². The zero-order valence-corrected chi connectivity index (χ0v) is 12.0. The smallest absolute Gasteiger partial charge is 0.170 e. The average molecular weight is 265 g/mol. The van der Waals surface area contributed by atoms with Crippen LogP contribution < -0.4 is 10.2 Å². The minimum Gasteiger partial charge on any atom is -0.351 e. The summed E-state index contributed by atoms with van der Waals surface area (Å²) >= 11 is 0. The molecule has 1 aromatic heterocycles. The summed E-state index contributed by atoms with van der Waals surface area (Å²) in [5.41, 5.74) is 0.717. The van der Waals surface area contributed by atoms with Gasteiger partial charge in [0.25, 0.3) is 0 Å². The van der Waals surface area contributed by atoms with Gasteiger partial charge in [0.1, 0.15) is 0 Å². The summed E-state index contributed by atoms with van der Waals surface area (Å²) in [6, 6.07) is 2.27. The molecule has 3 nitrogen and oxygen atoms in total. The first-order chi connectivity index (χ1) is 9.27. The normalized spacial score (nSPS) is 14.7. The summed E-state index contributed by atoms with van der Waals surface area (Å²) in [6.45, 7) is 6.52. The van der Waals surface area contributed by atoms with Crippen molar-refractivity contribution in [3.63, 3.8) is 0 Å². The van der Waals surface area contributed by atoms with E-state index in [4.69, 9.17) is 0 Å². The van der Waals surface area contributed by atoms with E-state index in [9.17, 15) is 4.39 Å². The Morgan fingerprint density at radius 3 is 2.84 bits per heavy atom. The Morgan fingerprint density at radius 1 is 1.42 bits per heavy atom. The van der Waals surface area contributed by atoms with Crippen LogP contribution in [0.1, 0.15) is 45.1 Å². The maximum absolute atomic E-state index is 14.5. The molecule has 4 heteroatoms. The number of pyridine rings is 1. The van der Waals surface area contributed by atoms with Crippen LogP contribution in [0.2, 0.25) is 0 Å². The minimum atomic E-state index is -0.147. The topological polar surface area (TPSA) is 28.2 Å². The molecule has 1 aromatic rings. The summed E-state index contributed by atoms with van der Waals surface area (Å²) < 4.78 is 14.5. The molecule has 1 aliphatic rings. The third-order valence-electron chi connectivity index (χ3n) is 3.53. The molecule has 106 valence electrons. The van der Waals surface area contributed by atoms with E-state index in [0.29, 0.717) is 24.0 Å². The first-order valence-corrected chi connectivity index (χ1v) is 7.38. The van der Waals surface area contributed by atoms with E-state index < -0.39 is 0 Å². The van der Waals surface area contributed by atoms with Crippen LogP contribution in [0.15, 0.2) is 12.3 Å². The fraction of sp³-hybridized carbons (Fsp3) is 0.667. The Bertz CT molecular complexity index is 404. The van der Waals surface area contributed by atoms with Gasteiger partial charge >= 0.3 is 0 Å². The predicted octanol–water partition coefficient (Wildman–Crippen LogP) is 3.10. The predicted molar refractivity (Wildman–Crippen MR) is 76.9 cm³/mol. The van der Waals surface area contributed by atoms with Gasteiger partial charge in [0.15, 0.2) is 11.6 Å². The second kappa shape index (κ2) is 6.85. The van der Waals surface area contributed by atoms with Crippen molar-refractivity contribution >= 4 is 5.82 Å². The van der Waals surface area contributed by atoms with Crippen LogP contribution >= 0.6 is 0 Å². The van der Waals surface area contributed by atoms with Crippen LogP contribution in [0.25, 0.3) is 0 Å². The highest BCUT2D eigenvalue weighted by Gasteiger charge is 2.31. The standard InChI is InChI=1S/C15H24FN3/c1-3-5-10-19(13-6-7-13)15-14(16)12(8-9-18-15)11-17-4-2/h8-9,13,17H,3-7,10-11H2,1-2H3. The molecule has 0 bridgehead atoms. The highest BCUT2D eigenvalue weighted by atomic mass is 19.1. The van der Waals surface area contributed by atoms with Crippen LogP contribution in [-0.2, 0) is 6.54 Å². The molecule has 0 atom stereocenters. The summed E-state index contributed by atoms with van der Waals surface area (Å²) in [6.07, 6.45) is 6.29. The Hall–Kier alpha value is -1.16. The minimum absolute atomic E-state index is 0.147. The van der Waals surface area contributed by atoms with Crippen molar-refractivity contribution in [1.29, 1.82) is 0 Å². The SMILES string of the molecule is CCCCN(c1nccc(CNCC)c1F)C1CC1. The van der Waals surface area contributed by atoms with Gasteiger partial charge in [-0.1, -0.05) is 20.3 Å². The van der Waals surface area contributed by atoms with Gasteiger partial charge in [0, 0.05) is 30.9 Å². The number of aromatic nitrogens is 1. The fourth-order valence-corrected chi connectivity index (χ4v) is 2.24. The molecule has 0 spiro atoms. The first-order valence-electron chi connectivity index (χ1n) is 7.38. The molecule has 0 saturated heterocycles. The Labute approximate surface area is 115 Å². The van der Waals surface area contributed by atoms with Gasteiger partial charge in [-0.2, -0.15) is 0 Å². The van der Waals surface area contributed by atoms with Crippen molar-refractivity contribution < 1.29 is 4.39 Å². The van der Waals surface area contributed by atoms with Crippen LogP contribution in [-0.4, -0.2) is 24.1 Å².